The van der Waals surface area contributed by atoms with Gasteiger partial charge < -0.3 is 19.6 Å². The normalized spacial score (nSPS) is 18.0. The number of nitrogens with zero attached hydrogens (tertiary/aromatic N) is 6. The Morgan fingerprint density at radius 1 is 1.09 bits per heavy atom. The summed E-state index contributed by atoms with van der Waals surface area (Å²) in [6.45, 7) is 3.13. The van der Waals surface area contributed by atoms with Gasteiger partial charge in [-0.1, -0.05) is 18.2 Å². The molecule has 2 aromatic heterocycles. The molecule has 8 nitrogen and oxygen atoms in total. The lowest BCUT2D eigenvalue weighted by Gasteiger charge is -2.30. The van der Waals surface area contributed by atoms with Crippen LogP contribution in [0.5, 0.6) is 5.75 Å². The van der Waals surface area contributed by atoms with E-state index in [0.717, 1.165) is 36.0 Å². The fourth-order valence-corrected chi connectivity index (χ4v) is 4.28. The SMILES string of the molecule is CN(Cc1ccc(OCc2ccccn2)cc1)C[C@]1(O)CCN(c2cncnc2N(C)C)C1. The molecule has 0 unspecified atom stereocenters. The van der Waals surface area contributed by atoms with Crippen LogP contribution in [0.2, 0.25) is 0 Å². The minimum Gasteiger partial charge on any atom is -0.487 e. The number of hydrogen-bond donors (Lipinski definition) is 1. The minimum atomic E-state index is -0.778. The van der Waals surface area contributed by atoms with Crippen molar-refractivity contribution in [1.29, 1.82) is 0 Å². The monoisotopic (exact) mass is 448 g/mol. The molecule has 1 aliphatic rings. The van der Waals surface area contributed by atoms with Crippen molar-refractivity contribution in [2.45, 2.75) is 25.2 Å². The van der Waals surface area contributed by atoms with Gasteiger partial charge in [0.1, 0.15) is 18.7 Å². The Morgan fingerprint density at radius 2 is 1.91 bits per heavy atom. The number of aliphatic hydroxyl groups is 1. The first-order valence-corrected chi connectivity index (χ1v) is 11.2. The molecule has 0 aliphatic carbocycles. The molecule has 0 spiro atoms. The molecule has 0 saturated carbocycles. The van der Waals surface area contributed by atoms with Gasteiger partial charge in [0.25, 0.3) is 0 Å². The molecule has 1 fully saturated rings. The van der Waals surface area contributed by atoms with Crippen molar-refractivity contribution in [2.24, 2.45) is 0 Å². The van der Waals surface area contributed by atoms with Crippen LogP contribution in [0.3, 0.4) is 0 Å². The van der Waals surface area contributed by atoms with Gasteiger partial charge in [-0.15, -0.1) is 0 Å². The summed E-state index contributed by atoms with van der Waals surface area (Å²) in [4.78, 5) is 19.2. The van der Waals surface area contributed by atoms with Crippen LogP contribution in [0.15, 0.2) is 61.2 Å². The number of benzene rings is 1. The summed E-state index contributed by atoms with van der Waals surface area (Å²) in [6.07, 6.45) is 5.86. The predicted octanol–water partition coefficient (Wildman–Crippen LogP) is 2.59. The number of anilines is 2. The van der Waals surface area contributed by atoms with E-state index in [1.807, 2.05) is 62.6 Å². The molecule has 1 aromatic carbocycles. The lowest BCUT2D eigenvalue weighted by Crippen LogP contribution is -2.43. The molecule has 1 atom stereocenters. The molecule has 8 heteroatoms. The van der Waals surface area contributed by atoms with E-state index in [4.69, 9.17) is 4.74 Å². The van der Waals surface area contributed by atoms with Crippen LogP contribution in [0.25, 0.3) is 0 Å². The minimum absolute atomic E-state index is 0.450. The lowest BCUT2D eigenvalue weighted by atomic mass is 10.0. The number of likely N-dealkylation sites (N-methyl/N-ethyl adjacent to an activating group) is 1. The van der Waals surface area contributed by atoms with Gasteiger partial charge in [0.15, 0.2) is 5.82 Å². The third-order valence-corrected chi connectivity index (χ3v) is 5.82. The first-order valence-electron chi connectivity index (χ1n) is 11.2. The average Bonchev–Trinajstić information content (AvgIpc) is 3.20. The van der Waals surface area contributed by atoms with E-state index in [0.29, 0.717) is 26.1 Å². The van der Waals surface area contributed by atoms with E-state index in [2.05, 4.69) is 36.9 Å². The van der Waals surface area contributed by atoms with Crippen molar-refractivity contribution < 1.29 is 9.84 Å². The number of ether oxygens (including phenoxy) is 1. The third-order valence-electron chi connectivity index (χ3n) is 5.82. The van der Waals surface area contributed by atoms with Gasteiger partial charge in [-0.05, 0) is 43.3 Å². The van der Waals surface area contributed by atoms with E-state index in [1.54, 1.807) is 12.5 Å². The summed E-state index contributed by atoms with van der Waals surface area (Å²) in [5.41, 5.74) is 2.26. The Bertz CT molecular complexity index is 1030. The number of hydrogen-bond acceptors (Lipinski definition) is 8. The highest BCUT2D eigenvalue weighted by molar-refractivity contribution is 5.66. The second-order valence-electron chi connectivity index (χ2n) is 8.95. The number of β-amino-alcohol motifs (C(OH)–C–C–N with tert-alkyl or cyclic N) is 1. The molecule has 0 bridgehead atoms. The maximum Gasteiger partial charge on any atom is 0.155 e. The molecule has 33 heavy (non-hydrogen) atoms. The van der Waals surface area contributed by atoms with Crippen LogP contribution in [-0.4, -0.2) is 71.3 Å². The van der Waals surface area contributed by atoms with Crippen molar-refractivity contribution >= 4 is 11.5 Å². The molecule has 0 radical (unpaired) electrons. The summed E-state index contributed by atoms with van der Waals surface area (Å²) in [5.74, 6) is 1.69. The maximum atomic E-state index is 11.3. The van der Waals surface area contributed by atoms with Gasteiger partial charge in [0.2, 0.25) is 0 Å². The Labute approximate surface area is 195 Å². The fraction of sp³-hybridized carbons (Fsp3) is 0.400. The van der Waals surface area contributed by atoms with Crippen molar-refractivity contribution in [3.8, 4) is 5.75 Å². The molecule has 0 amide bonds. The van der Waals surface area contributed by atoms with Crippen LogP contribution in [0, 0.1) is 0 Å². The molecule has 174 valence electrons. The van der Waals surface area contributed by atoms with Gasteiger partial charge in [0, 0.05) is 46.5 Å². The van der Waals surface area contributed by atoms with Gasteiger partial charge in [0.05, 0.1) is 23.2 Å². The van der Waals surface area contributed by atoms with E-state index in [1.165, 1.54) is 5.56 Å². The highest BCUT2D eigenvalue weighted by Crippen LogP contribution is 2.32. The zero-order valence-electron chi connectivity index (χ0n) is 19.6. The standard InChI is InChI=1S/C25H32N6O2/c1-29(2)24-23(14-26-19-28-24)31-13-11-25(32,18-31)17-30(3)15-20-7-9-22(10-8-20)33-16-21-6-4-5-12-27-21/h4-10,12,14,19,32H,11,13,15-18H2,1-3H3/t25-/m1/s1. The summed E-state index contributed by atoms with van der Waals surface area (Å²) >= 11 is 0. The predicted molar refractivity (Wildman–Crippen MR) is 129 cm³/mol. The van der Waals surface area contributed by atoms with Crippen molar-refractivity contribution in [2.75, 3.05) is 50.6 Å². The average molecular weight is 449 g/mol. The van der Waals surface area contributed by atoms with Crippen molar-refractivity contribution in [3.05, 3.63) is 72.4 Å². The van der Waals surface area contributed by atoms with E-state index < -0.39 is 5.60 Å². The summed E-state index contributed by atoms with van der Waals surface area (Å²) in [7, 11) is 5.98. The van der Waals surface area contributed by atoms with E-state index in [9.17, 15) is 5.11 Å². The summed E-state index contributed by atoms with van der Waals surface area (Å²) in [5, 5.41) is 11.3. The number of pyridine rings is 1. The quantitative estimate of drug-likeness (QED) is 0.535. The van der Waals surface area contributed by atoms with Gasteiger partial charge in [-0.2, -0.15) is 0 Å². The van der Waals surface area contributed by atoms with Gasteiger partial charge in [-0.3, -0.25) is 9.88 Å². The topological polar surface area (TPSA) is 77.9 Å². The third kappa shape index (κ3) is 5.97. The molecular formula is C25H32N6O2. The second-order valence-corrected chi connectivity index (χ2v) is 8.95. The van der Waals surface area contributed by atoms with Crippen LogP contribution in [-0.2, 0) is 13.2 Å². The Hall–Kier alpha value is -3.23. The molecule has 1 aliphatic heterocycles. The van der Waals surface area contributed by atoms with Crippen LogP contribution >= 0.6 is 0 Å². The molecule has 4 rings (SSSR count). The largest absolute Gasteiger partial charge is 0.487 e. The highest BCUT2D eigenvalue weighted by atomic mass is 16.5. The molecule has 3 heterocycles. The Morgan fingerprint density at radius 3 is 2.64 bits per heavy atom. The zero-order valence-corrected chi connectivity index (χ0v) is 19.6. The smallest absolute Gasteiger partial charge is 0.155 e. The van der Waals surface area contributed by atoms with Crippen LogP contribution < -0.4 is 14.5 Å². The summed E-state index contributed by atoms with van der Waals surface area (Å²) < 4.78 is 5.82. The Kier molecular flexibility index (Phi) is 7.05. The molecule has 1 saturated heterocycles. The van der Waals surface area contributed by atoms with Crippen LogP contribution in [0.1, 0.15) is 17.7 Å². The summed E-state index contributed by atoms with van der Waals surface area (Å²) in [6, 6.07) is 13.9. The van der Waals surface area contributed by atoms with E-state index in [-0.39, 0.29) is 0 Å². The number of aromatic nitrogens is 3. The molecule has 3 aromatic rings. The van der Waals surface area contributed by atoms with Crippen LogP contribution in [0.4, 0.5) is 11.5 Å². The molecule has 1 N–H and O–H groups in total. The Balaban J connectivity index is 1.30. The highest BCUT2D eigenvalue weighted by Gasteiger charge is 2.38. The fourth-order valence-electron chi connectivity index (χ4n) is 4.28. The zero-order chi connectivity index (χ0) is 23.3. The van der Waals surface area contributed by atoms with E-state index >= 15 is 0 Å². The van der Waals surface area contributed by atoms with Gasteiger partial charge >= 0.3 is 0 Å². The van der Waals surface area contributed by atoms with Crippen molar-refractivity contribution in [1.82, 2.24) is 19.9 Å². The van der Waals surface area contributed by atoms with Gasteiger partial charge in [-0.25, -0.2) is 9.97 Å². The second kappa shape index (κ2) is 10.1. The lowest BCUT2D eigenvalue weighted by molar-refractivity contribution is 0.0280. The number of rotatable bonds is 9. The first-order chi connectivity index (χ1) is 15.9. The first kappa shape index (κ1) is 22.9. The molecular weight excluding hydrogens is 416 g/mol. The maximum absolute atomic E-state index is 11.3. The van der Waals surface area contributed by atoms with Crippen molar-refractivity contribution in [3.63, 3.8) is 0 Å².